The number of aromatic nitrogens is 5. The summed E-state index contributed by atoms with van der Waals surface area (Å²) >= 11 is 1.20. The summed E-state index contributed by atoms with van der Waals surface area (Å²) in [6.45, 7) is -0.538. The fraction of sp³-hybridized carbons (Fsp3) is 0.300. The lowest BCUT2D eigenvalue weighted by Gasteiger charge is -2.09. The Kier molecular flexibility index (Phi) is 3.46. The van der Waals surface area contributed by atoms with Crippen molar-refractivity contribution >= 4 is 40.4 Å². The molecule has 5 N–H and O–H groups in total. The zero-order valence-electron chi connectivity index (χ0n) is 11.0. The van der Waals surface area contributed by atoms with Gasteiger partial charge in [-0.3, -0.25) is 9.59 Å². The van der Waals surface area contributed by atoms with Crippen LogP contribution in [0.15, 0.2) is 10.2 Å². The third kappa shape index (κ3) is 2.27. The van der Waals surface area contributed by atoms with Crippen molar-refractivity contribution in [2.45, 2.75) is 12.0 Å². The first kappa shape index (κ1) is 14.3. The highest BCUT2D eigenvalue weighted by Gasteiger charge is 2.24. The minimum absolute atomic E-state index is 0.00625. The van der Waals surface area contributed by atoms with Crippen LogP contribution in [0.5, 0.6) is 0 Å². The van der Waals surface area contributed by atoms with Gasteiger partial charge < -0.3 is 21.3 Å². The van der Waals surface area contributed by atoms with Gasteiger partial charge in [-0.25, -0.2) is 4.68 Å². The van der Waals surface area contributed by atoms with E-state index in [0.29, 0.717) is 0 Å². The number of hydrogen-bond donors (Lipinski definition) is 3. The Labute approximate surface area is 126 Å². The summed E-state index contributed by atoms with van der Waals surface area (Å²) in [5.74, 6) is -0.592. The number of fused-ring (bicyclic) bond motifs is 1. The molecular weight excluding hydrogens is 314 g/mol. The number of ether oxygens (including phenoxy) is 1. The second kappa shape index (κ2) is 5.31. The van der Waals surface area contributed by atoms with Gasteiger partial charge in [-0.2, -0.15) is 5.10 Å². The standard InChI is InChI=1S/C10H11N7O4S/c11-4(19)1-16-8-7(9(12)14-16)13-15-17(10(8)20)5-3-22-6(2-18)21-5/h3,6,18H,1-2H2,(H2,11,19)(H2,12,14). The van der Waals surface area contributed by atoms with Crippen molar-refractivity contribution in [3.63, 3.8) is 0 Å². The van der Waals surface area contributed by atoms with Gasteiger partial charge in [0, 0.05) is 5.41 Å². The first-order valence-corrected chi connectivity index (χ1v) is 6.99. The molecule has 2 aromatic heterocycles. The second-order valence-electron chi connectivity index (χ2n) is 4.33. The molecule has 1 unspecified atom stereocenters. The first-order valence-electron chi connectivity index (χ1n) is 6.05. The predicted molar refractivity (Wildman–Crippen MR) is 77.0 cm³/mol. The summed E-state index contributed by atoms with van der Waals surface area (Å²) in [6, 6.07) is 0. The smallest absolute Gasteiger partial charge is 0.303 e. The molecule has 0 spiro atoms. The van der Waals surface area contributed by atoms with Crippen molar-refractivity contribution in [2.24, 2.45) is 5.73 Å². The molecule has 3 rings (SSSR count). The zero-order chi connectivity index (χ0) is 15.9. The summed E-state index contributed by atoms with van der Waals surface area (Å²) in [5.41, 5.74) is 9.72. The Bertz CT molecular complexity index is 842. The van der Waals surface area contributed by atoms with Crippen LogP contribution in [-0.4, -0.2) is 47.8 Å². The molecule has 1 amide bonds. The van der Waals surface area contributed by atoms with E-state index in [9.17, 15) is 9.59 Å². The van der Waals surface area contributed by atoms with Gasteiger partial charge in [0.1, 0.15) is 6.54 Å². The molecule has 0 aliphatic carbocycles. The maximum absolute atomic E-state index is 12.5. The molecule has 0 aromatic carbocycles. The highest BCUT2D eigenvalue weighted by Crippen LogP contribution is 2.28. The molecule has 0 fully saturated rings. The van der Waals surface area contributed by atoms with Gasteiger partial charge in [0.25, 0.3) is 0 Å². The number of thioether (sulfide) groups is 1. The molecule has 1 atom stereocenters. The van der Waals surface area contributed by atoms with E-state index in [1.165, 1.54) is 17.2 Å². The monoisotopic (exact) mass is 325 g/mol. The lowest BCUT2D eigenvalue weighted by Crippen LogP contribution is -2.28. The van der Waals surface area contributed by atoms with E-state index >= 15 is 0 Å². The molecular formula is C10H11N7O4S. The summed E-state index contributed by atoms with van der Waals surface area (Å²) in [5, 5.41) is 22.0. The quantitative estimate of drug-likeness (QED) is 0.570. The largest absolute Gasteiger partial charge is 0.460 e. The number of anilines is 1. The average molecular weight is 325 g/mol. The summed E-state index contributed by atoms with van der Waals surface area (Å²) in [7, 11) is 0. The number of aliphatic hydroxyl groups is 1. The summed E-state index contributed by atoms with van der Waals surface area (Å²) in [6.07, 6.45) is 0. The van der Waals surface area contributed by atoms with Crippen LogP contribution in [0.2, 0.25) is 0 Å². The molecule has 1 aliphatic heterocycles. The van der Waals surface area contributed by atoms with Crippen LogP contribution in [-0.2, 0) is 16.1 Å². The molecule has 0 saturated carbocycles. The van der Waals surface area contributed by atoms with Crippen LogP contribution in [0, 0.1) is 0 Å². The van der Waals surface area contributed by atoms with Crippen LogP contribution in [0.3, 0.4) is 0 Å². The summed E-state index contributed by atoms with van der Waals surface area (Å²) < 4.78 is 7.32. The van der Waals surface area contributed by atoms with Gasteiger partial charge in [-0.05, 0) is 0 Å². The first-order chi connectivity index (χ1) is 10.5. The van der Waals surface area contributed by atoms with E-state index in [1.54, 1.807) is 0 Å². The average Bonchev–Trinajstić information content (AvgIpc) is 3.05. The van der Waals surface area contributed by atoms with Crippen LogP contribution >= 0.6 is 11.8 Å². The van der Waals surface area contributed by atoms with Crippen LogP contribution in [0.4, 0.5) is 5.82 Å². The predicted octanol–water partition coefficient (Wildman–Crippen LogP) is -2.11. The Balaban J connectivity index is 2.13. The molecule has 12 heteroatoms. The van der Waals surface area contributed by atoms with Crippen molar-refractivity contribution in [1.82, 2.24) is 24.8 Å². The Morgan fingerprint density at radius 1 is 1.55 bits per heavy atom. The molecule has 1 aliphatic rings. The van der Waals surface area contributed by atoms with E-state index in [0.717, 1.165) is 9.36 Å². The van der Waals surface area contributed by atoms with E-state index in [4.69, 9.17) is 21.3 Å². The molecule has 11 nitrogen and oxygen atoms in total. The maximum Gasteiger partial charge on any atom is 0.303 e. The number of hydrogen-bond acceptors (Lipinski definition) is 9. The van der Waals surface area contributed by atoms with Crippen molar-refractivity contribution in [3.05, 3.63) is 15.8 Å². The third-order valence-electron chi connectivity index (χ3n) is 2.82. The van der Waals surface area contributed by atoms with Gasteiger partial charge in [0.15, 0.2) is 22.3 Å². The summed E-state index contributed by atoms with van der Waals surface area (Å²) in [4.78, 5) is 23.6. The number of carbonyl (C=O) groups is 1. The second-order valence-corrected chi connectivity index (χ2v) is 5.37. The van der Waals surface area contributed by atoms with Crippen molar-refractivity contribution < 1.29 is 14.6 Å². The van der Waals surface area contributed by atoms with Gasteiger partial charge in [0.05, 0.1) is 6.61 Å². The molecule has 0 bridgehead atoms. The Hall–Kier alpha value is -2.60. The molecule has 0 radical (unpaired) electrons. The van der Waals surface area contributed by atoms with E-state index < -0.39 is 16.9 Å². The SMILES string of the molecule is NC(=O)Cn1nc(N)c2nnn(C3=CSC(CO)O3)c(=O)c21. The number of primary amides is 1. The van der Waals surface area contributed by atoms with E-state index in [1.807, 2.05) is 0 Å². The molecule has 0 saturated heterocycles. The lowest BCUT2D eigenvalue weighted by molar-refractivity contribution is -0.118. The zero-order valence-corrected chi connectivity index (χ0v) is 11.9. The maximum atomic E-state index is 12.5. The fourth-order valence-electron chi connectivity index (χ4n) is 1.92. The number of amides is 1. The Morgan fingerprint density at radius 3 is 2.95 bits per heavy atom. The fourth-order valence-corrected chi connectivity index (χ4v) is 2.59. The number of nitrogens with two attached hydrogens (primary N) is 2. The van der Waals surface area contributed by atoms with Gasteiger partial charge >= 0.3 is 5.56 Å². The molecule has 116 valence electrons. The molecule has 2 aromatic rings. The minimum Gasteiger partial charge on any atom is -0.460 e. The minimum atomic E-state index is -0.681. The topological polar surface area (TPSA) is 164 Å². The van der Waals surface area contributed by atoms with Crippen molar-refractivity contribution in [2.75, 3.05) is 12.3 Å². The Morgan fingerprint density at radius 2 is 2.32 bits per heavy atom. The number of carbonyl (C=O) groups excluding carboxylic acids is 1. The highest BCUT2D eigenvalue weighted by atomic mass is 32.2. The number of nitrogen functional groups attached to an aromatic ring is 1. The lowest BCUT2D eigenvalue weighted by atomic mass is 10.4. The number of rotatable bonds is 4. The van der Waals surface area contributed by atoms with Crippen LogP contribution in [0.1, 0.15) is 0 Å². The third-order valence-corrected chi connectivity index (χ3v) is 3.71. The van der Waals surface area contributed by atoms with Gasteiger partial charge in [-0.15, -0.1) is 9.78 Å². The van der Waals surface area contributed by atoms with Gasteiger partial charge in [0.2, 0.25) is 11.8 Å². The molecule has 3 heterocycles. The highest BCUT2D eigenvalue weighted by molar-refractivity contribution is 8.03. The number of nitrogens with zero attached hydrogens (tertiary/aromatic N) is 5. The van der Waals surface area contributed by atoms with E-state index in [2.05, 4.69) is 15.4 Å². The van der Waals surface area contributed by atoms with E-state index in [-0.39, 0.29) is 35.9 Å². The normalized spacial score (nSPS) is 17.5. The van der Waals surface area contributed by atoms with Gasteiger partial charge in [-0.1, -0.05) is 17.0 Å². The van der Waals surface area contributed by atoms with Crippen LogP contribution in [0.25, 0.3) is 16.9 Å². The number of aliphatic hydroxyl groups excluding tert-OH is 1. The van der Waals surface area contributed by atoms with Crippen molar-refractivity contribution in [3.8, 4) is 0 Å². The molecule has 22 heavy (non-hydrogen) atoms. The van der Waals surface area contributed by atoms with Crippen LogP contribution < -0.4 is 17.0 Å². The van der Waals surface area contributed by atoms with Crippen molar-refractivity contribution in [1.29, 1.82) is 0 Å².